The van der Waals surface area contributed by atoms with Crippen LogP contribution in [-0.2, 0) is 4.79 Å². The van der Waals surface area contributed by atoms with Crippen molar-refractivity contribution in [3.8, 4) is 0 Å². The molecule has 2 rings (SSSR count). The van der Waals surface area contributed by atoms with Crippen LogP contribution in [0.4, 0.5) is 5.82 Å². The summed E-state index contributed by atoms with van der Waals surface area (Å²) in [5, 5.41) is 0. The first-order chi connectivity index (χ1) is 10.2. The molecule has 2 heterocycles. The van der Waals surface area contributed by atoms with Gasteiger partial charge in [-0.05, 0) is 18.6 Å². The van der Waals surface area contributed by atoms with Crippen LogP contribution in [0.5, 0.6) is 0 Å². The number of rotatable bonds is 6. The molecule has 0 atom stereocenters. The second-order valence-electron chi connectivity index (χ2n) is 5.62. The fraction of sp³-hybridized carbons (Fsp3) is 0.625. The number of likely N-dealkylation sites (N-methyl/N-ethyl adjacent to an activating group) is 1. The van der Waals surface area contributed by atoms with Crippen molar-refractivity contribution < 1.29 is 4.79 Å². The smallest absolute Gasteiger partial charge is 0.236 e. The Morgan fingerprint density at radius 2 is 2.05 bits per heavy atom. The summed E-state index contributed by atoms with van der Waals surface area (Å²) in [7, 11) is 1.90. The zero-order chi connectivity index (χ0) is 15.1. The van der Waals surface area contributed by atoms with Crippen LogP contribution < -0.4 is 4.90 Å². The van der Waals surface area contributed by atoms with E-state index in [0.29, 0.717) is 6.54 Å². The molecule has 0 unspecified atom stereocenters. The molecular formula is C16H26N4O. The van der Waals surface area contributed by atoms with E-state index in [1.165, 1.54) is 0 Å². The third kappa shape index (κ3) is 4.70. The highest BCUT2D eigenvalue weighted by Crippen LogP contribution is 2.12. The lowest BCUT2D eigenvalue weighted by atomic mass is 10.3. The number of amides is 1. The van der Waals surface area contributed by atoms with Crippen LogP contribution in [0.25, 0.3) is 0 Å². The number of nitrogens with zero attached hydrogens (tertiary/aromatic N) is 4. The molecule has 0 aromatic carbocycles. The summed E-state index contributed by atoms with van der Waals surface area (Å²) in [5.74, 6) is 1.26. The number of aromatic nitrogens is 1. The van der Waals surface area contributed by atoms with Gasteiger partial charge in [0, 0.05) is 46.0 Å². The molecule has 21 heavy (non-hydrogen) atoms. The predicted octanol–water partition coefficient (Wildman–Crippen LogP) is 1.46. The molecule has 5 heteroatoms. The van der Waals surface area contributed by atoms with Gasteiger partial charge in [0.2, 0.25) is 5.91 Å². The lowest BCUT2D eigenvalue weighted by Gasteiger charge is -2.35. The lowest BCUT2D eigenvalue weighted by Crippen LogP contribution is -2.50. The average Bonchev–Trinajstić information content (AvgIpc) is 2.54. The zero-order valence-corrected chi connectivity index (χ0v) is 13.2. The van der Waals surface area contributed by atoms with Crippen molar-refractivity contribution in [2.75, 3.05) is 51.2 Å². The minimum atomic E-state index is 0.231. The minimum Gasteiger partial charge on any atom is -0.354 e. The van der Waals surface area contributed by atoms with Crippen LogP contribution in [0.2, 0.25) is 0 Å². The number of hydrogen-bond acceptors (Lipinski definition) is 4. The molecule has 1 aliphatic heterocycles. The fourth-order valence-electron chi connectivity index (χ4n) is 2.51. The Balaban J connectivity index is 1.75. The van der Waals surface area contributed by atoms with Crippen LogP contribution in [-0.4, -0.2) is 67.0 Å². The maximum absolute atomic E-state index is 12.1. The Labute approximate surface area is 127 Å². The van der Waals surface area contributed by atoms with E-state index in [1.54, 1.807) is 0 Å². The first-order valence-corrected chi connectivity index (χ1v) is 7.83. The zero-order valence-electron chi connectivity index (χ0n) is 13.2. The van der Waals surface area contributed by atoms with Crippen LogP contribution in [0, 0.1) is 0 Å². The molecule has 0 spiro atoms. The Bertz CT molecular complexity index is 429. The predicted molar refractivity (Wildman–Crippen MR) is 85.4 cm³/mol. The monoisotopic (exact) mass is 290 g/mol. The topological polar surface area (TPSA) is 39.7 Å². The number of carbonyl (C=O) groups excluding carboxylic acids is 1. The van der Waals surface area contributed by atoms with E-state index in [1.807, 2.05) is 36.3 Å². The van der Waals surface area contributed by atoms with Gasteiger partial charge in [-0.1, -0.05) is 19.4 Å². The van der Waals surface area contributed by atoms with Crippen molar-refractivity contribution in [3.63, 3.8) is 0 Å². The van der Waals surface area contributed by atoms with Crippen molar-refractivity contribution >= 4 is 11.7 Å². The Hall–Kier alpha value is -1.62. The highest BCUT2D eigenvalue weighted by atomic mass is 16.2. The number of piperazine rings is 1. The quantitative estimate of drug-likeness (QED) is 0.795. The molecule has 5 nitrogen and oxygen atoms in total. The van der Waals surface area contributed by atoms with Crippen molar-refractivity contribution in [1.82, 2.24) is 14.8 Å². The van der Waals surface area contributed by atoms with E-state index < -0.39 is 0 Å². The van der Waals surface area contributed by atoms with Gasteiger partial charge >= 0.3 is 0 Å². The molecule has 1 amide bonds. The number of carbonyl (C=O) groups is 1. The van der Waals surface area contributed by atoms with E-state index in [0.717, 1.165) is 51.4 Å². The standard InChI is InChI=1S/C16H26N4O/c1-3-4-9-18(2)16(21)14-19-10-12-20(13-11-19)15-7-5-6-8-17-15/h5-8H,3-4,9-14H2,1-2H3. The summed E-state index contributed by atoms with van der Waals surface area (Å²) in [4.78, 5) is 22.9. The van der Waals surface area contributed by atoms with Crippen LogP contribution in [0.1, 0.15) is 19.8 Å². The molecule has 0 N–H and O–H groups in total. The summed E-state index contributed by atoms with van der Waals surface area (Å²) < 4.78 is 0. The highest BCUT2D eigenvalue weighted by molar-refractivity contribution is 5.78. The van der Waals surface area contributed by atoms with Gasteiger partial charge in [-0.15, -0.1) is 0 Å². The number of unbranched alkanes of at least 4 members (excludes halogenated alkanes) is 1. The summed E-state index contributed by atoms with van der Waals surface area (Å²) in [6.45, 7) is 7.26. The third-order valence-electron chi connectivity index (χ3n) is 3.98. The lowest BCUT2D eigenvalue weighted by molar-refractivity contribution is -0.131. The molecule has 116 valence electrons. The van der Waals surface area contributed by atoms with Crippen molar-refractivity contribution in [1.29, 1.82) is 0 Å². The molecule has 0 saturated carbocycles. The van der Waals surface area contributed by atoms with E-state index in [-0.39, 0.29) is 5.91 Å². The van der Waals surface area contributed by atoms with E-state index >= 15 is 0 Å². The van der Waals surface area contributed by atoms with Crippen LogP contribution in [0.15, 0.2) is 24.4 Å². The molecular weight excluding hydrogens is 264 g/mol. The van der Waals surface area contributed by atoms with E-state index in [9.17, 15) is 4.79 Å². The molecule has 1 saturated heterocycles. The molecule has 1 aliphatic rings. The van der Waals surface area contributed by atoms with Crippen LogP contribution >= 0.6 is 0 Å². The maximum atomic E-state index is 12.1. The number of anilines is 1. The van der Waals surface area contributed by atoms with Crippen LogP contribution in [0.3, 0.4) is 0 Å². The Kier molecular flexibility index (Phi) is 5.99. The first kappa shape index (κ1) is 15.8. The van der Waals surface area contributed by atoms with E-state index in [4.69, 9.17) is 0 Å². The molecule has 1 aromatic heterocycles. The van der Waals surface area contributed by atoms with Crippen molar-refractivity contribution in [2.45, 2.75) is 19.8 Å². The van der Waals surface area contributed by atoms with Gasteiger partial charge in [-0.25, -0.2) is 4.98 Å². The second-order valence-corrected chi connectivity index (χ2v) is 5.62. The molecule has 1 fully saturated rings. The average molecular weight is 290 g/mol. The third-order valence-corrected chi connectivity index (χ3v) is 3.98. The second kappa shape index (κ2) is 7.98. The van der Waals surface area contributed by atoms with Gasteiger partial charge in [-0.3, -0.25) is 9.69 Å². The maximum Gasteiger partial charge on any atom is 0.236 e. The first-order valence-electron chi connectivity index (χ1n) is 7.83. The van der Waals surface area contributed by atoms with E-state index in [2.05, 4.69) is 21.7 Å². The summed E-state index contributed by atoms with van der Waals surface area (Å²) in [6.07, 6.45) is 4.03. The van der Waals surface area contributed by atoms with Gasteiger partial charge in [0.15, 0.2) is 0 Å². The Morgan fingerprint density at radius 3 is 2.67 bits per heavy atom. The van der Waals surface area contributed by atoms with Crippen molar-refractivity contribution in [3.05, 3.63) is 24.4 Å². The van der Waals surface area contributed by atoms with Gasteiger partial charge in [0.05, 0.1) is 6.54 Å². The summed E-state index contributed by atoms with van der Waals surface area (Å²) >= 11 is 0. The number of hydrogen-bond donors (Lipinski definition) is 0. The molecule has 0 bridgehead atoms. The number of pyridine rings is 1. The largest absolute Gasteiger partial charge is 0.354 e. The highest BCUT2D eigenvalue weighted by Gasteiger charge is 2.20. The van der Waals surface area contributed by atoms with Gasteiger partial charge < -0.3 is 9.80 Å². The minimum absolute atomic E-state index is 0.231. The van der Waals surface area contributed by atoms with Gasteiger partial charge in [0.25, 0.3) is 0 Å². The summed E-state index contributed by atoms with van der Waals surface area (Å²) in [6, 6.07) is 5.99. The Morgan fingerprint density at radius 1 is 1.29 bits per heavy atom. The van der Waals surface area contributed by atoms with Gasteiger partial charge in [-0.2, -0.15) is 0 Å². The van der Waals surface area contributed by atoms with Gasteiger partial charge in [0.1, 0.15) is 5.82 Å². The normalized spacial score (nSPS) is 16.0. The fourth-order valence-corrected chi connectivity index (χ4v) is 2.51. The molecule has 1 aromatic rings. The summed E-state index contributed by atoms with van der Waals surface area (Å²) in [5.41, 5.74) is 0. The molecule has 0 radical (unpaired) electrons. The van der Waals surface area contributed by atoms with Crippen molar-refractivity contribution in [2.24, 2.45) is 0 Å². The molecule has 0 aliphatic carbocycles. The SMILES string of the molecule is CCCCN(C)C(=O)CN1CCN(c2ccccn2)CC1.